The van der Waals surface area contributed by atoms with Gasteiger partial charge in [0, 0.05) is 107 Å². The van der Waals surface area contributed by atoms with Crippen molar-refractivity contribution in [1.82, 2.24) is 83.7 Å². The molecule has 2 aromatic carbocycles. The Balaban J connectivity index is 0.942. The van der Waals surface area contributed by atoms with Crippen molar-refractivity contribution >= 4 is 105 Å². The average molecular weight is 1880 g/mol. The van der Waals surface area contributed by atoms with E-state index in [2.05, 4.69) is 90.7 Å². The van der Waals surface area contributed by atoms with Crippen LogP contribution in [-0.2, 0) is 110 Å². The zero-order chi connectivity index (χ0) is 97.4. The number of fused-ring (bicyclic) bond motifs is 2. The Hall–Kier alpha value is -11.3. The minimum Gasteiger partial charge on any atom is -0.481 e. The number of aliphatic imine (C=N–C) groups is 1. The summed E-state index contributed by atoms with van der Waals surface area (Å²) in [7, 11) is 0. The number of hydrogen-bond acceptors (Lipinski definition) is 26. The van der Waals surface area contributed by atoms with Crippen LogP contribution in [0.25, 0.3) is 10.9 Å². The fourth-order valence-electron chi connectivity index (χ4n) is 15.8. The van der Waals surface area contributed by atoms with E-state index < -0.39 is 164 Å². The molecule has 20 N–H and O–H groups in total. The van der Waals surface area contributed by atoms with Crippen molar-refractivity contribution in [3.8, 4) is 0 Å². The fourth-order valence-corrected chi connectivity index (χ4v) is 15.8. The lowest BCUT2D eigenvalue weighted by molar-refractivity contribution is -0.143. The van der Waals surface area contributed by atoms with E-state index in [1.165, 1.54) is 45.4 Å². The Morgan fingerprint density at radius 1 is 0.604 bits per heavy atom. The predicted octanol–water partition coefficient (Wildman–Crippen LogP) is 1.13. The monoisotopic (exact) mass is 1880 g/mol. The third-order valence-corrected chi connectivity index (χ3v) is 23.3. The second-order valence-electron chi connectivity index (χ2n) is 34.3. The average Bonchev–Trinajstić information content (AvgIpc) is 1.66. The summed E-state index contributed by atoms with van der Waals surface area (Å²) in [4.78, 5) is 215. The van der Waals surface area contributed by atoms with Crippen molar-refractivity contribution in [3.63, 3.8) is 0 Å². The number of carbonyl (C=O) groups excluding carboxylic acids is 14. The number of aliphatic hydroxyl groups excluding tert-OH is 3. The highest BCUT2D eigenvalue weighted by atomic mass is 16.5. The number of tetrazole rings is 1. The highest BCUT2D eigenvalue weighted by molar-refractivity contribution is 6.00. The van der Waals surface area contributed by atoms with Crippen LogP contribution in [0.3, 0.4) is 0 Å². The van der Waals surface area contributed by atoms with Crippen LogP contribution >= 0.6 is 0 Å². The van der Waals surface area contributed by atoms with E-state index in [4.69, 9.17) is 30.4 Å². The van der Waals surface area contributed by atoms with Gasteiger partial charge in [-0.2, -0.15) is 5.21 Å². The number of guanidine groups is 1. The number of nitrogens with two attached hydrogens (primary N) is 2. The minimum absolute atomic E-state index is 0.0174. The Morgan fingerprint density at radius 2 is 1.22 bits per heavy atom. The zero-order valence-electron chi connectivity index (χ0n) is 77.7. The lowest BCUT2D eigenvalue weighted by Crippen LogP contribution is -2.61. The van der Waals surface area contributed by atoms with E-state index in [1.807, 2.05) is 24.3 Å². The molecule has 0 aliphatic carbocycles. The molecule has 2 aliphatic rings. The van der Waals surface area contributed by atoms with Gasteiger partial charge in [-0.05, 0) is 87.8 Å². The van der Waals surface area contributed by atoms with Crippen LogP contribution in [0.1, 0.15) is 224 Å². The summed E-state index contributed by atoms with van der Waals surface area (Å²) in [5, 5.41) is 82.3. The standard InChI is InChI=1S/C92H143N19O23/c1-4-5-32-71(102-89(128)77(57-113)106-88(127)76(56-112)99-81(119)59-134-49-47-131-44-42-95-80(118)58-133-48-46-132-45-43-96-83(122)63(37-40-82(120)121)51-66(116)30-23-26-60(2)25-15-11-9-7-6-8-10-12-20-36-79-107-109-110-108-79)84(123)103-73-39-38-65(115)29-18-14-19-33-69(61(3)114)100-87(126)75(52-64-54-98-70-34-22-21-31-68(64)70)104-85(124)72(35-24-41-97-92(93)94)101-86(125)74(50-62-27-16-13-17-28-62)105-90(129)78-53-67(117)55-111(78)91(73)130/h13,16-17,21-22,27-28,31,34,54,60,63,67,69,71-78,98,112-113,117H,4-12,14-15,18-20,23-26,29-30,32-33,35-53,55-59H2,1-3H3,(H,95,118)(H,96,122)(H,99,119)(H,100,126)(H,101,125)(H,102,128)(H,103,123)(H,104,124)(H,105,129)(H,106,127)(H,120,121)(H4,93,94,97)(H,107,108,109,110)/t60?,63-,67+,69-,71-,72-,73-,74+,75-,76-,77-,78-/m0/s1. The predicted molar refractivity (Wildman–Crippen MR) is 492 cm³/mol. The van der Waals surface area contributed by atoms with Crippen LogP contribution in [0.4, 0.5) is 0 Å². The number of aromatic nitrogens is 5. The van der Waals surface area contributed by atoms with Crippen molar-refractivity contribution in [2.24, 2.45) is 28.3 Å². The van der Waals surface area contributed by atoms with E-state index in [-0.39, 0.29) is 173 Å². The summed E-state index contributed by atoms with van der Waals surface area (Å²) < 4.78 is 21.7. The van der Waals surface area contributed by atoms with Crippen molar-refractivity contribution in [2.45, 2.75) is 287 Å². The topological polar surface area (TPSA) is 632 Å². The highest BCUT2D eigenvalue weighted by Crippen LogP contribution is 2.26. The molecule has 0 spiro atoms. The SMILES string of the molecule is CCCC[C@H](NC(=O)[C@H](CO)NC(=O)[C@H](CO)NC(=O)COCCOCCNC(=O)COCCOCCNC(=O)[C@@H](CCC(=O)O)CC(=O)CCCC(C)CCCCCCCCCCCc1nn[nH]n1)C(=O)N[C@H]1CCC(=O)CCCCC[C@@H](C(C)=O)NC(=O)[C@H](Cc2c[nH]c3ccccc23)NC(=O)[C@H](CCCN=C(N)N)NC(=O)[C@@H](Cc2ccccc2)NC(=O)[C@@H]2C[C@@H](O)CN2C1=O. The van der Waals surface area contributed by atoms with Crippen LogP contribution in [-0.4, -0.2) is 298 Å². The molecular formula is C92H143N19O23. The highest BCUT2D eigenvalue weighted by Gasteiger charge is 2.44. The van der Waals surface area contributed by atoms with Gasteiger partial charge in [0.1, 0.15) is 73.1 Å². The Kier molecular flexibility index (Phi) is 53.0. The number of aliphatic hydroxyl groups is 3. The van der Waals surface area contributed by atoms with Gasteiger partial charge in [-0.15, -0.1) is 10.2 Å². The summed E-state index contributed by atoms with van der Waals surface area (Å²) >= 11 is 0. The number of hydrogen-bond donors (Lipinski definition) is 18. The third kappa shape index (κ3) is 43.8. The molecule has 0 saturated carbocycles. The number of nitrogens with zero attached hydrogens (tertiary/aromatic N) is 5. The first-order valence-corrected chi connectivity index (χ1v) is 47.2. The first-order chi connectivity index (χ1) is 64.5. The zero-order valence-corrected chi connectivity index (χ0v) is 77.7. The maximum absolute atomic E-state index is 15.2. The largest absolute Gasteiger partial charge is 0.481 e. The molecule has 42 heteroatoms. The maximum atomic E-state index is 15.2. The molecule has 744 valence electrons. The number of carboxylic acids is 1. The number of nitrogens with one attached hydrogen (secondary N) is 12. The molecule has 2 fully saturated rings. The van der Waals surface area contributed by atoms with Gasteiger partial charge in [0.15, 0.2) is 17.6 Å². The van der Waals surface area contributed by atoms with E-state index in [1.54, 1.807) is 43.5 Å². The number of Topliss-reactive ketones (excluding diaryl/α,β-unsaturated/α-hetero) is 3. The smallest absolute Gasteiger partial charge is 0.303 e. The minimum atomic E-state index is -1.80. The van der Waals surface area contributed by atoms with E-state index in [0.29, 0.717) is 62.0 Å². The van der Waals surface area contributed by atoms with Gasteiger partial charge in [-0.3, -0.25) is 76.9 Å². The summed E-state index contributed by atoms with van der Waals surface area (Å²) in [5.74, 6) is -10.9. The molecule has 11 amide bonds. The lowest BCUT2D eigenvalue weighted by atomic mass is 9.92. The molecule has 4 heterocycles. The van der Waals surface area contributed by atoms with Gasteiger partial charge in [0.2, 0.25) is 65.0 Å². The molecular weight excluding hydrogens is 1740 g/mol. The molecule has 12 atom stereocenters. The van der Waals surface area contributed by atoms with Crippen molar-refractivity contribution in [3.05, 3.63) is 77.7 Å². The number of para-hydroxylation sites is 1. The number of benzene rings is 2. The summed E-state index contributed by atoms with van der Waals surface area (Å²) in [6, 6.07) is 2.44. The van der Waals surface area contributed by atoms with Crippen molar-refractivity contribution in [1.29, 1.82) is 0 Å². The first-order valence-electron chi connectivity index (χ1n) is 47.2. The summed E-state index contributed by atoms with van der Waals surface area (Å²) in [5.41, 5.74) is 13.2. The van der Waals surface area contributed by atoms with Gasteiger partial charge < -0.3 is 114 Å². The second-order valence-corrected chi connectivity index (χ2v) is 34.3. The Bertz CT molecular complexity index is 4330. The molecule has 42 nitrogen and oxygen atoms in total. The van der Waals surface area contributed by atoms with Crippen LogP contribution in [0.2, 0.25) is 0 Å². The molecule has 1 unspecified atom stereocenters. The van der Waals surface area contributed by atoms with Crippen LogP contribution in [0, 0.1) is 11.8 Å². The van der Waals surface area contributed by atoms with Gasteiger partial charge >= 0.3 is 5.97 Å². The molecule has 4 aromatic rings. The Morgan fingerprint density at radius 3 is 1.89 bits per heavy atom. The Labute approximate surface area is 781 Å². The number of H-pyrrole nitrogens is 2. The number of aliphatic carboxylic acids is 1. The van der Waals surface area contributed by atoms with Crippen LogP contribution in [0.15, 0.2) is 65.8 Å². The van der Waals surface area contributed by atoms with E-state index in [0.717, 1.165) is 60.2 Å². The molecule has 134 heavy (non-hydrogen) atoms. The molecule has 2 aromatic heterocycles. The van der Waals surface area contributed by atoms with Crippen molar-refractivity contribution in [2.75, 3.05) is 92.2 Å². The maximum Gasteiger partial charge on any atom is 0.303 e. The fraction of sp³-hybridized carbons (Fsp3) is 0.663. The summed E-state index contributed by atoms with van der Waals surface area (Å²) in [6.07, 6.45) is 15.2. The lowest BCUT2D eigenvalue weighted by Gasteiger charge is -2.31. The number of amides is 11. The number of rotatable bonds is 59. The van der Waals surface area contributed by atoms with Gasteiger partial charge in [0.25, 0.3) is 0 Å². The number of ketones is 3. The summed E-state index contributed by atoms with van der Waals surface area (Å²) in [6.45, 7) is 2.16. The first kappa shape index (κ1) is 111. The number of aromatic amines is 2. The molecule has 6 rings (SSSR count). The number of ether oxygens (including phenoxy) is 4. The van der Waals surface area contributed by atoms with Gasteiger partial charge in [0.05, 0.1) is 65.0 Å². The molecule has 2 saturated heterocycles. The number of carbonyl (C=O) groups is 15. The normalized spacial score (nSPS) is 19.0. The van der Waals surface area contributed by atoms with Crippen LogP contribution in [0.5, 0.6) is 0 Å². The third-order valence-electron chi connectivity index (χ3n) is 23.3. The quantitative estimate of drug-likeness (QED) is 0.0167. The van der Waals surface area contributed by atoms with Gasteiger partial charge in [-0.1, -0.05) is 157 Å². The molecule has 0 bridgehead atoms. The number of unbranched alkanes of at least 4 members (excludes halogenated alkanes) is 9. The van der Waals surface area contributed by atoms with E-state index >= 15 is 4.79 Å². The number of aryl methyl sites for hydroxylation is 1. The molecule has 2 aliphatic heterocycles. The number of carboxylic acid groups (broad SMARTS) is 1. The molecule has 0 radical (unpaired) electrons. The van der Waals surface area contributed by atoms with Crippen LogP contribution < -0.4 is 64.6 Å². The second kappa shape index (κ2) is 63.8. The van der Waals surface area contributed by atoms with Crippen molar-refractivity contribution < 1.29 is 111 Å². The van der Waals surface area contributed by atoms with E-state index in [9.17, 15) is 87.5 Å². The van der Waals surface area contributed by atoms with Gasteiger partial charge in [-0.25, -0.2) is 0 Å².